The predicted molar refractivity (Wildman–Crippen MR) is 99.3 cm³/mol. The first-order chi connectivity index (χ1) is 12.6. The van der Waals surface area contributed by atoms with Crippen LogP contribution < -0.4 is 10.6 Å². The number of sulfonamides is 1. The van der Waals surface area contributed by atoms with Crippen molar-refractivity contribution in [1.82, 2.24) is 9.62 Å². The number of ether oxygens (including phenoxy) is 1. The third kappa shape index (κ3) is 6.83. The Morgan fingerprint density at radius 3 is 2.37 bits per heavy atom. The minimum Gasteiger partial charge on any atom is -0.452 e. The molecule has 0 aliphatic heterocycles. The fraction of sp³-hybridized carbons (Fsp3) is 0.353. The van der Waals surface area contributed by atoms with Gasteiger partial charge in [-0.15, -0.1) is 6.58 Å². The van der Waals surface area contributed by atoms with E-state index in [1.165, 1.54) is 51.2 Å². The maximum absolute atomic E-state index is 12.5. The van der Waals surface area contributed by atoms with E-state index in [9.17, 15) is 22.8 Å². The van der Waals surface area contributed by atoms with Gasteiger partial charge in [-0.1, -0.05) is 6.08 Å². The van der Waals surface area contributed by atoms with E-state index >= 15 is 0 Å². The lowest BCUT2D eigenvalue weighted by atomic mass is 10.3. The van der Waals surface area contributed by atoms with Crippen LogP contribution >= 0.6 is 0 Å². The molecule has 1 aromatic rings. The Hall–Kier alpha value is -2.72. The van der Waals surface area contributed by atoms with Crippen LogP contribution in [-0.4, -0.2) is 56.7 Å². The monoisotopic (exact) mass is 397 g/mol. The number of carbonyl (C=O) groups excluding carboxylic acids is 3. The van der Waals surface area contributed by atoms with E-state index in [1.54, 1.807) is 0 Å². The number of esters is 1. The van der Waals surface area contributed by atoms with Gasteiger partial charge in [-0.3, -0.25) is 14.4 Å². The second kappa shape index (κ2) is 9.83. The van der Waals surface area contributed by atoms with Crippen molar-refractivity contribution in [2.75, 3.05) is 25.5 Å². The largest absolute Gasteiger partial charge is 0.452 e. The Labute approximate surface area is 158 Å². The Kier molecular flexibility index (Phi) is 8.13. The molecule has 10 heteroatoms. The van der Waals surface area contributed by atoms with Gasteiger partial charge in [0, 0.05) is 26.2 Å². The summed E-state index contributed by atoms with van der Waals surface area (Å²) >= 11 is 0. The molecule has 0 aromatic heterocycles. The van der Waals surface area contributed by atoms with E-state index in [-0.39, 0.29) is 17.3 Å². The first-order valence-electron chi connectivity index (χ1n) is 8.00. The minimum atomic E-state index is -3.94. The molecular weight excluding hydrogens is 374 g/mol. The summed E-state index contributed by atoms with van der Waals surface area (Å²) in [5, 5.41) is 5.00. The molecule has 148 valence electrons. The molecule has 0 aliphatic carbocycles. The number of hydrogen-bond acceptors (Lipinski definition) is 6. The van der Waals surface area contributed by atoms with E-state index in [1.807, 2.05) is 0 Å². The molecule has 27 heavy (non-hydrogen) atoms. The van der Waals surface area contributed by atoms with Crippen LogP contribution in [0.15, 0.2) is 41.8 Å². The molecule has 0 fully saturated rings. The van der Waals surface area contributed by atoms with E-state index in [4.69, 9.17) is 4.74 Å². The van der Waals surface area contributed by atoms with Gasteiger partial charge in [0.25, 0.3) is 5.91 Å². The van der Waals surface area contributed by atoms with Gasteiger partial charge in [0.1, 0.15) is 6.54 Å². The van der Waals surface area contributed by atoms with E-state index in [2.05, 4.69) is 17.2 Å². The average Bonchev–Trinajstić information content (AvgIpc) is 2.59. The number of benzene rings is 1. The molecule has 1 atom stereocenters. The molecule has 0 bridgehead atoms. The zero-order valence-electron chi connectivity index (χ0n) is 15.4. The van der Waals surface area contributed by atoms with Gasteiger partial charge < -0.3 is 15.4 Å². The van der Waals surface area contributed by atoms with Gasteiger partial charge in [0.2, 0.25) is 15.9 Å². The van der Waals surface area contributed by atoms with Gasteiger partial charge in [-0.05, 0) is 31.2 Å². The molecule has 2 N–H and O–H groups in total. The first kappa shape index (κ1) is 22.3. The van der Waals surface area contributed by atoms with Crippen LogP contribution in [0.1, 0.15) is 13.8 Å². The fourth-order valence-electron chi connectivity index (χ4n) is 1.96. The Bertz CT molecular complexity index is 804. The molecule has 0 unspecified atom stereocenters. The Balaban J connectivity index is 2.72. The smallest absolute Gasteiger partial charge is 0.322 e. The van der Waals surface area contributed by atoms with Crippen molar-refractivity contribution in [3.05, 3.63) is 36.9 Å². The second-order valence-corrected chi connectivity index (χ2v) is 7.68. The third-order valence-electron chi connectivity index (χ3n) is 3.33. The molecule has 0 saturated carbocycles. The highest BCUT2D eigenvalue weighted by Crippen LogP contribution is 2.17. The van der Waals surface area contributed by atoms with Crippen LogP contribution in [-0.2, 0) is 29.1 Å². The van der Waals surface area contributed by atoms with Crippen molar-refractivity contribution in [2.24, 2.45) is 0 Å². The maximum atomic E-state index is 12.5. The highest BCUT2D eigenvalue weighted by Gasteiger charge is 2.25. The summed E-state index contributed by atoms with van der Waals surface area (Å²) in [6.07, 6.45) is 0.412. The molecule has 0 radical (unpaired) electrons. The summed E-state index contributed by atoms with van der Waals surface area (Å²) in [5.74, 6) is -1.66. The predicted octanol–water partition coefficient (Wildman–Crippen LogP) is 0.499. The average molecular weight is 397 g/mol. The van der Waals surface area contributed by atoms with Crippen LogP contribution in [0.3, 0.4) is 0 Å². The van der Waals surface area contributed by atoms with Crippen molar-refractivity contribution in [3.63, 3.8) is 0 Å². The summed E-state index contributed by atoms with van der Waals surface area (Å²) in [6.45, 7) is 5.83. The van der Waals surface area contributed by atoms with Gasteiger partial charge in [-0.25, -0.2) is 8.42 Å². The number of rotatable bonds is 9. The first-order valence-corrected chi connectivity index (χ1v) is 9.44. The summed E-state index contributed by atoms with van der Waals surface area (Å²) in [6, 6.07) is 5.50. The number of carbonyl (C=O) groups is 3. The topological polar surface area (TPSA) is 122 Å². The van der Waals surface area contributed by atoms with E-state index < -0.39 is 34.5 Å². The van der Waals surface area contributed by atoms with Crippen molar-refractivity contribution in [1.29, 1.82) is 0 Å². The highest BCUT2D eigenvalue weighted by atomic mass is 32.2. The normalized spacial score (nSPS) is 12.1. The SMILES string of the molecule is C=CCNC(=O)[C@H](C)OC(=O)CN(C)S(=O)(=O)c1ccc(NC(C)=O)cc1. The van der Waals surface area contributed by atoms with E-state index in [0.717, 1.165) is 4.31 Å². The molecular formula is C17H23N3O6S. The van der Waals surface area contributed by atoms with Crippen LogP contribution in [0.25, 0.3) is 0 Å². The lowest BCUT2D eigenvalue weighted by Crippen LogP contribution is -2.39. The highest BCUT2D eigenvalue weighted by molar-refractivity contribution is 7.89. The number of hydrogen-bond donors (Lipinski definition) is 2. The van der Waals surface area contributed by atoms with Crippen molar-refractivity contribution < 1.29 is 27.5 Å². The number of nitrogens with zero attached hydrogens (tertiary/aromatic N) is 1. The summed E-state index contributed by atoms with van der Waals surface area (Å²) in [7, 11) is -2.72. The van der Waals surface area contributed by atoms with Crippen molar-refractivity contribution in [3.8, 4) is 0 Å². The number of nitrogens with one attached hydrogen (secondary N) is 2. The zero-order chi connectivity index (χ0) is 20.6. The van der Waals surface area contributed by atoms with Crippen LogP contribution in [0.5, 0.6) is 0 Å². The van der Waals surface area contributed by atoms with Crippen LogP contribution in [0.4, 0.5) is 5.69 Å². The Morgan fingerprint density at radius 1 is 1.26 bits per heavy atom. The van der Waals surface area contributed by atoms with Gasteiger partial charge >= 0.3 is 5.97 Å². The molecule has 1 rings (SSSR count). The lowest BCUT2D eigenvalue weighted by molar-refractivity contribution is -0.154. The third-order valence-corrected chi connectivity index (χ3v) is 5.15. The lowest BCUT2D eigenvalue weighted by Gasteiger charge is -2.18. The summed E-state index contributed by atoms with van der Waals surface area (Å²) in [5.41, 5.74) is 0.447. The van der Waals surface area contributed by atoms with Crippen LogP contribution in [0.2, 0.25) is 0 Å². The van der Waals surface area contributed by atoms with E-state index in [0.29, 0.717) is 5.69 Å². The quantitative estimate of drug-likeness (QED) is 0.462. The molecule has 9 nitrogen and oxygen atoms in total. The van der Waals surface area contributed by atoms with Crippen LogP contribution in [0, 0.1) is 0 Å². The molecule has 0 spiro atoms. The summed E-state index contributed by atoms with van der Waals surface area (Å²) < 4.78 is 30.8. The maximum Gasteiger partial charge on any atom is 0.322 e. The Morgan fingerprint density at radius 2 is 1.85 bits per heavy atom. The number of anilines is 1. The minimum absolute atomic E-state index is 0.0522. The van der Waals surface area contributed by atoms with Crippen molar-refractivity contribution in [2.45, 2.75) is 24.8 Å². The van der Waals surface area contributed by atoms with Gasteiger partial charge in [0.05, 0.1) is 4.90 Å². The van der Waals surface area contributed by atoms with Gasteiger partial charge in [0.15, 0.2) is 6.10 Å². The standard InChI is InChI=1S/C17H23N3O6S/c1-5-10-18-17(23)12(2)26-16(22)11-20(4)27(24,25)15-8-6-14(7-9-15)19-13(3)21/h5-9,12H,1,10-11H2,2-4H3,(H,18,23)(H,19,21)/t12-/m0/s1. The molecule has 1 aromatic carbocycles. The fourth-order valence-corrected chi connectivity index (χ4v) is 3.08. The number of likely N-dealkylation sites (N-methyl/N-ethyl adjacent to an activating group) is 1. The van der Waals surface area contributed by atoms with Crippen molar-refractivity contribution >= 4 is 33.5 Å². The molecule has 0 aliphatic rings. The molecule has 0 saturated heterocycles. The zero-order valence-corrected chi connectivity index (χ0v) is 16.2. The second-order valence-electron chi connectivity index (χ2n) is 5.63. The molecule has 2 amide bonds. The van der Waals surface area contributed by atoms with Gasteiger partial charge in [-0.2, -0.15) is 4.31 Å². The number of amides is 2. The molecule has 0 heterocycles. The summed E-state index contributed by atoms with van der Waals surface area (Å²) in [4.78, 5) is 34.5.